The van der Waals surface area contributed by atoms with Gasteiger partial charge in [-0.15, -0.1) is 0 Å². The van der Waals surface area contributed by atoms with Gasteiger partial charge in [-0.2, -0.15) is 0 Å². The second kappa shape index (κ2) is 6.39. The van der Waals surface area contributed by atoms with Crippen LogP contribution < -0.4 is 5.32 Å². The number of carbonyl (C=O) groups is 1. The van der Waals surface area contributed by atoms with Crippen LogP contribution in [0, 0.1) is 6.92 Å². The van der Waals surface area contributed by atoms with Crippen LogP contribution in [0.25, 0.3) is 0 Å². The number of nitrogens with zero attached hydrogens (tertiary/aromatic N) is 2. The molecule has 0 atom stereocenters. The van der Waals surface area contributed by atoms with E-state index in [1.54, 1.807) is 6.20 Å². The molecule has 6 heteroatoms. The molecule has 1 saturated carbocycles. The second-order valence-electron chi connectivity index (χ2n) is 5.39. The topological polar surface area (TPSA) is 64.1 Å². The first kappa shape index (κ1) is 15.0. The average molecular weight is 298 g/mol. The molecular formula is C14H20ClN3O2. The maximum Gasteiger partial charge on any atom is 0.307 e. The third-order valence-corrected chi connectivity index (χ3v) is 4.03. The Bertz CT molecular complexity index is 487. The zero-order chi connectivity index (χ0) is 14.6. The molecule has 1 aliphatic rings. The Balaban J connectivity index is 2.22. The van der Waals surface area contributed by atoms with Gasteiger partial charge in [0.25, 0.3) is 0 Å². The smallest absolute Gasteiger partial charge is 0.307 e. The van der Waals surface area contributed by atoms with Crippen LogP contribution in [-0.4, -0.2) is 28.6 Å². The molecule has 0 spiro atoms. The molecule has 1 aliphatic carbocycles. The van der Waals surface area contributed by atoms with E-state index in [1.807, 2.05) is 6.92 Å². The van der Waals surface area contributed by atoms with Crippen molar-refractivity contribution in [3.8, 4) is 0 Å². The van der Waals surface area contributed by atoms with E-state index in [-0.39, 0.29) is 16.8 Å². The van der Waals surface area contributed by atoms with Crippen LogP contribution >= 0.6 is 11.6 Å². The summed E-state index contributed by atoms with van der Waals surface area (Å²) < 4.78 is 4.83. The minimum atomic E-state index is -0.284. The van der Waals surface area contributed by atoms with Crippen LogP contribution in [0.3, 0.4) is 0 Å². The highest BCUT2D eigenvalue weighted by molar-refractivity contribution is 6.28. The van der Waals surface area contributed by atoms with Crippen LogP contribution in [0.4, 0.5) is 5.82 Å². The Morgan fingerprint density at radius 3 is 2.80 bits per heavy atom. The third kappa shape index (κ3) is 3.60. The van der Waals surface area contributed by atoms with Gasteiger partial charge in [-0.25, -0.2) is 9.97 Å². The number of anilines is 1. The first-order valence-corrected chi connectivity index (χ1v) is 7.27. The van der Waals surface area contributed by atoms with Gasteiger partial charge >= 0.3 is 5.97 Å². The van der Waals surface area contributed by atoms with E-state index in [4.69, 9.17) is 16.3 Å². The molecule has 0 aromatic carbocycles. The summed E-state index contributed by atoms with van der Waals surface area (Å²) in [6.45, 7) is 1.92. The summed E-state index contributed by atoms with van der Waals surface area (Å²) >= 11 is 5.86. The predicted molar refractivity (Wildman–Crippen MR) is 77.9 cm³/mol. The number of ether oxygens (including phenoxy) is 1. The number of nitrogens with one attached hydrogen (secondary N) is 1. The van der Waals surface area contributed by atoms with E-state index in [0.29, 0.717) is 12.2 Å². The van der Waals surface area contributed by atoms with E-state index >= 15 is 0 Å². The zero-order valence-electron chi connectivity index (χ0n) is 11.9. The monoisotopic (exact) mass is 297 g/mol. The standard InChI is InChI=1S/C14H20ClN3O2/c1-10-9-16-13(15)17-12(10)18-14(8-11(19)20-2)6-4-3-5-7-14/h9H,3-8H2,1-2H3,(H,16,17,18). The predicted octanol–water partition coefficient (Wildman–Crippen LogP) is 3.12. The second-order valence-corrected chi connectivity index (χ2v) is 5.73. The molecule has 5 nitrogen and oxygen atoms in total. The number of aryl methyl sites for hydroxylation is 1. The van der Waals surface area contributed by atoms with Gasteiger partial charge in [0.2, 0.25) is 5.28 Å². The van der Waals surface area contributed by atoms with Crippen LogP contribution in [0.1, 0.15) is 44.1 Å². The summed E-state index contributed by atoms with van der Waals surface area (Å²) in [5.41, 5.74) is 0.637. The fourth-order valence-electron chi connectivity index (χ4n) is 2.72. The lowest BCUT2D eigenvalue weighted by atomic mass is 9.79. The van der Waals surface area contributed by atoms with Crippen molar-refractivity contribution < 1.29 is 9.53 Å². The zero-order valence-corrected chi connectivity index (χ0v) is 12.7. The lowest BCUT2D eigenvalue weighted by Crippen LogP contribution is -2.43. The number of carbonyl (C=O) groups excluding carboxylic acids is 1. The number of esters is 1. The molecule has 0 radical (unpaired) electrons. The number of hydrogen-bond donors (Lipinski definition) is 1. The number of hydrogen-bond acceptors (Lipinski definition) is 5. The third-order valence-electron chi connectivity index (χ3n) is 3.85. The highest BCUT2D eigenvalue weighted by Gasteiger charge is 2.35. The molecule has 1 fully saturated rings. The van der Waals surface area contributed by atoms with Crippen LogP contribution in [0.2, 0.25) is 5.28 Å². The van der Waals surface area contributed by atoms with Crippen molar-refractivity contribution in [3.05, 3.63) is 17.0 Å². The first-order valence-electron chi connectivity index (χ1n) is 6.89. The summed E-state index contributed by atoms with van der Waals surface area (Å²) in [5.74, 6) is 0.507. The number of methoxy groups -OCH3 is 1. The van der Waals surface area contributed by atoms with Crippen LogP contribution in [-0.2, 0) is 9.53 Å². The highest BCUT2D eigenvalue weighted by Crippen LogP contribution is 2.35. The molecule has 0 saturated heterocycles. The van der Waals surface area contributed by atoms with Crippen molar-refractivity contribution in [1.82, 2.24) is 9.97 Å². The Labute approximate surface area is 124 Å². The maximum atomic E-state index is 11.7. The van der Waals surface area contributed by atoms with Gasteiger partial charge in [-0.1, -0.05) is 19.3 Å². The largest absolute Gasteiger partial charge is 0.469 e. The molecule has 20 heavy (non-hydrogen) atoms. The molecule has 110 valence electrons. The van der Waals surface area contributed by atoms with Gasteiger partial charge in [0.1, 0.15) is 5.82 Å². The lowest BCUT2D eigenvalue weighted by molar-refractivity contribution is -0.142. The Morgan fingerprint density at radius 2 is 2.15 bits per heavy atom. The molecule has 1 N–H and O–H groups in total. The molecule has 1 aromatic rings. The van der Waals surface area contributed by atoms with Gasteiger partial charge in [0, 0.05) is 17.3 Å². The molecule has 0 bridgehead atoms. The lowest BCUT2D eigenvalue weighted by Gasteiger charge is -2.38. The molecule has 0 unspecified atom stereocenters. The summed E-state index contributed by atoms with van der Waals surface area (Å²) in [6.07, 6.45) is 7.31. The first-order chi connectivity index (χ1) is 9.54. The van der Waals surface area contributed by atoms with Gasteiger partial charge in [-0.3, -0.25) is 4.79 Å². The van der Waals surface area contributed by atoms with Crippen molar-refractivity contribution in [2.24, 2.45) is 0 Å². The van der Waals surface area contributed by atoms with Crippen molar-refractivity contribution in [2.45, 2.75) is 51.0 Å². The average Bonchev–Trinajstić information content (AvgIpc) is 2.43. The van der Waals surface area contributed by atoms with Gasteiger partial charge in [-0.05, 0) is 31.4 Å². The summed E-state index contributed by atoms with van der Waals surface area (Å²) in [6, 6.07) is 0. The maximum absolute atomic E-state index is 11.7. The molecule has 1 heterocycles. The van der Waals surface area contributed by atoms with E-state index < -0.39 is 0 Å². The Kier molecular flexibility index (Phi) is 4.81. The minimum absolute atomic E-state index is 0.197. The minimum Gasteiger partial charge on any atom is -0.469 e. The van der Waals surface area contributed by atoms with Gasteiger partial charge in [0.05, 0.1) is 13.5 Å². The van der Waals surface area contributed by atoms with Crippen LogP contribution in [0.15, 0.2) is 6.20 Å². The Hall–Kier alpha value is -1.36. The molecule has 0 aliphatic heterocycles. The van der Waals surface area contributed by atoms with E-state index in [0.717, 1.165) is 31.2 Å². The van der Waals surface area contributed by atoms with E-state index in [9.17, 15) is 4.79 Å². The van der Waals surface area contributed by atoms with Crippen molar-refractivity contribution in [3.63, 3.8) is 0 Å². The molecule has 0 amide bonds. The van der Waals surface area contributed by atoms with Crippen molar-refractivity contribution in [2.75, 3.05) is 12.4 Å². The fraction of sp³-hybridized carbons (Fsp3) is 0.643. The molecule has 1 aromatic heterocycles. The SMILES string of the molecule is COC(=O)CC1(Nc2nc(Cl)ncc2C)CCCCC1. The number of rotatable bonds is 4. The summed E-state index contributed by atoms with van der Waals surface area (Å²) in [5, 5.41) is 3.64. The summed E-state index contributed by atoms with van der Waals surface area (Å²) in [4.78, 5) is 19.9. The number of aromatic nitrogens is 2. The molecular weight excluding hydrogens is 278 g/mol. The quantitative estimate of drug-likeness (QED) is 0.683. The van der Waals surface area contributed by atoms with Gasteiger partial charge < -0.3 is 10.1 Å². The number of halogens is 1. The van der Waals surface area contributed by atoms with Crippen molar-refractivity contribution in [1.29, 1.82) is 0 Å². The normalized spacial score (nSPS) is 17.6. The van der Waals surface area contributed by atoms with E-state index in [2.05, 4.69) is 15.3 Å². The summed E-state index contributed by atoms with van der Waals surface area (Å²) in [7, 11) is 1.42. The molecule has 2 rings (SSSR count). The van der Waals surface area contributed by atoms with Gasteiger partial charge in [0.15, 0.2) is 0 Å². The fourth-order valence-corrected chi connectivity index (χ4v) is 2.85. The highest BCUT2D eigenvalue weighted by atomic mass is 35.5. The van der Waals surface area contributed by atoms with Crippen LogP contribution in [0.5, 0.6) is 0 Å². The van der Waals surface area contributed by atoms with Crippen molar-refractivity contribution >= 4 is 23.4 Å². The van der Waals surface area contributed by atoms with E-state index in [1.165, 1.54) is 13.5 Å². The Morgan fingerprint density at radius 1 is 1.45 bits per heavy atom.